The van der Waals surface area contributed by atoms with Gasteiger partial charge in [0.25, 0.3) is 11.4 Å². The van der Waals surface area contributed by atoms with E-state index in [0.717, 1.165) is 15.8 Å². The van der Waals surface area contributed by atoms with E-state index in [-0.39, 0.29) is 33.8 Å². The van der Waals surface area contributed by atoms with Crippen LogP contribution >= 0.6 is 23.2 Å². The lowest BCUT2D eigenvalue weighted by Crippen LogP contribution is -2.23. The van der Waals surface area contributed by atoms with E-state index < -0.39 is 11.5 Å². The molecular formula is C21H14Cl2N4O4. The number of aromatic nitrogens is 4. The van der Waals surface area contributed by atoms with Gasteiger partial charge in [0.2, 0.25) is 5.82 Å². The Morgan fingerprint density at radius 1 is 1.13 bits per heavy atom. The molecule has 4 aromatic rings. The summed E-state index contributed by atoms with van der Waals surface area (Å²) in [6, 6.07) is 13.9. The van der Waals surface area contributed by atoms with E-state index in [0.29, 0.717) is 5.82 Å². The summed E-state index contributed by atoms with van der Waals surface area (Å²) in [7, 11) is 0. The fourth-order valence-electron chi connectivity index (χ4n) is 2.75. The number of halogens is 2. The van der Waals surface area contributed by atoms with Crippen LogP contribution in [0.1, 0.15) is 21.8 Å². The molecule has 0 amide bonds. The molecule has 2 aromatic heterocycles. The van der Waals surface area contributed by atoms with Gasteiger partial charge in [-0.25, -0.2) is 4.79 Å². The van der Waals surface area contributed by atoms with Crippen LogP contribution in [0.25, 0.3) is 17.1 Å². The minimum absolute atomic E-state index is 0.0174. The number of aryl methyl sites for hydroxylation is 1. The third-order valence-corrected chi connectivity index (χ3v) is 5.08. The molecular weight excluding hydrogens is 443 g/mol. The maximum atomic E-state index is 12.7. The molecule has 0 radical (unpaired) electrons. The minimum Gasteiger partial charge on any atom is -0.452 e. The van der Waals surface area contributed by atoms with Gasteiger partial charge in [-0.3, -0.25) is 4.79 Å². The number of rotatable bonds is 5. The fraction of sp³-hybridized carbons (Fsp3) is 0.0952. The molecule has 2 heterocycles. The average molecular weight is 457 g/mol. The van der Waals surface area contributed by atoms with Gasteiger partial charge in [-0.2, -0.15) is 14.8 Å². The number of carbonyl (C=O) groups is 1. The monoisotopic (exact) mass is 456 g/mol. The van der Waals surface area contributed by atoms with Crippen LogP contribution in [-0.4, -0.2) is 25.9 Å². The first-order valence-electron chi connectivity index (χ1n) is 9.03. The second-order valence-electron chi connectivity index (χ2n) is 6.49. The van der Waals surface area contributed by atoms with Crippen LogP contribution in [0.2, 0.25) is 10.0 Å². The number of benzene rings is 2. The van der Waals surface area contributed by atoms with Crippen molar-refractivity contribution in [2.24, 2.45) is 0 Å². The van der Waals surface area contributed by atoms with Crippen molar-refractivity contribution >= 4 is 29.2 Å². The van der Waals surface area contributed by atoms with E-state index in [2.05, 4.69) is 15.2 Å². The highest BCUT2D eigenvalue weighted by Gasteiger charge is 2.19. The maximum Gasteiger partial charge on any atom is 0.340 e. The van der Waals surface area contributed by atoms with Crippen LogP contribution in [0.4, 0.5) is 0 Å². The molecule has 0 spiro atoms. The molecule has 8 nitrogen and oxygen atoms in total. The van der Waals surface area contributed by atoms with E-state index >= 15 is 0 Å². The summed E-state index contributed by atoms with van der Waals surface area (Å²) < 4.78 is 11.4. The lowest BCUT2D eigenvalue weighted by molar-refractivity contribution is 0.0429. The lowest BCUT2D eigenvalue weighted by Gasteiger charge is -2.10. The summed E-state index contributed by atoms with van der Waals surface area (Å²) in [5, 5.41) is 7.67. The Morgan fingerprint density at radius 2 is 1.87 bits per heavy atom. The van der Waals surface area contributed by atoms with Gasteiger partial charge in [-0.05, 0) is 19.1 Å². The molecule has 0 unspecified atom stereocenters. The summed E-state index contributed by atoms with van der Waals surface area (Å²) in [6.45, 7) is 1.74. The summed E-state index contributed by atoms with van der Waals surface area (Å²) in [5.74, 6) is -0.185. The Morgan fingerprint density at radius 3 is 2.65 bits per heavy atom. The van der Waals surface area contributed by atoms with Crippen molar-refractivity contribution in [2.45, 2.75) is 13.5 Å². The van der Waals surface area contributed by atoms with Crippen molar-refractivity contribution in [1.82, 2.24) is 19.9 Å². The first-order chi connectivity index (χ1) is 14.9. The van der Waals surface area contributed by atoms with E-state index in [1.807, 2.05) is 31.2 Å². The van der Waals surface area contributed by atoms with Gasteiger partial charge in [0.1, 0.15) is 5.02 Å². The van der Waals surface area contributed by atoms with Gasteiger partial charge >= 0.3 is 5.97 Å². The van der Waals surface area contributed by atoms with Crippen molar-refractivity contribution in [3.05, 3.63) is 92.1 Å². The molecule has 10 heteroatoms. The van der Waals surface area contributed by atoms with Crippen LogP contribution in [0, 0.1) is 6.92 Å². The van der Waals surface area contributed by atoms with Gasteiger partial charge in [-0.15, -0.1) is 0 Å². The van der Waals surface area contributed by atoms with Crippen LogP contribution in [0.15, 0.2) is 64.0 Å². The van der Waals surface area contributed by atoms with Crippen molar-refractivity contribution in [3.63, 3.8) is 0 Å². The molecule has 4 rings (SSSR count). The van der Waals surface area contributed by atoms with Crippen LogP contribution in [-0.2, 0) is 11.3 Å². The summed E-state index contributed by atoms with van der Waals surface area (Å²) in [6.07, 6.45) is 1.22. The maximum absolute atomic E-state index is 12.7. The molecule has 0 saturated carbocycles. The average Bonchev–Trinajstić information content (AvgIpc) is 3.25. The number of hydrogen-bond donors (Lipinski definition) is 0. The van der Waals surface area contributed by atoms with Gasteiger partial charge in [0.05, 0.1) is 22.5 Å². The van der Waals surface area contributed by atoms with Crippen LogP contribution in [0.5, 0.6) is 0 Å². The molecule has 0 aliphatic rings. The zero-order valence-corrected chi connectivity index (χ0v) is 17.6. The number of para-hydroxylation sites is 1. The number of hydrogen-bond acceptors (Lipinski definition) is 7. The normalized spacial score (nSPS) is 10.8. The molecule has 2 aromatic carbocycles. The molecule has 31 heavy (non-hydrogen) atoms. The van der Waals surface area contributed by atoms with Gasteiger partial charge < -0.3 is 9.26 Å². The smallest absolute Gasteiger partial charge is 0.340 e. The largest absolute Gasteiger partial charge is 0.452 e. The molecule has 0 N–H and O–H groups in total. The van der Waals surface area contributed by atoms with Crippen molar-refractivity contribution in [1.29, 1.82) is 0 Å². The van der Waals surface area contributed by atoms with Crippen LogP contribution in [0.3, 0.4) is 0 Å². The quantitative estimate of drug-likeness (QED) is 0.413. The SMILES string of the molecule is Cc1ccc(-c2noc(COC(=O)c3ccccc3-n3ncc(Cl)c(Cl)c3=O)n2)cc1. The lowest BCUT2D eigenvalue weighted by atomic mass is 10.1. The Balaban J connectivity index is 1.54. The molecule has 0 saturated heterocycles. The second kappa shape index (κ2) is 8.71. The number of ether oxygens (including phenoxy) is 1. The minimum atomic E-state index is -0.703. The Hall–Kier alpha value is -3.49. The van der Waals surface area contributed by atoms with E-state index in [9.17, 15) is 9.59 Å². The highest BCUT2D eigenvalue weighted by atomic mass is 35.5. The first kappa shape index (κ1) is 20.8. The van der Waals surface area contributed by atoms with Gasteiger partial charge in [0, 0.05) is 5.56 Å². The number of nitrogens with zero attached hydrogens (tertiary/aromatic N) is 4. The summed E-state index contributed by atoms with van der Waals surface area (Å²) in [4.78, 5) is 29.3. The van der Waals surface area contributed by atoms with E-state index in [1.54, 1.807) is 12.1 Å². The predicted octanol–water partition coefficient (Wildman–Crippen LogP) is 4.25. The van der Waals surface area contributed by atoms with Crippen molar-refractivity contribution in [2.75, 3.05) is 0 Å². The fourth-order valence-corrected chi connectivity index (χ4v) is 3.01. The Labute approximate surface area is 186 Å². The van der Waals surface area contributed by atoms with Crippen molar-refractivity contribution < 1.29 is 14.1 Å². The number of esters is 1. The van der Waals surface area contributed by atoms with E-state index in [4.69, 9.17) is 32.5 Å². The Bertz CT molecular complexity index is 1320. The topological polar surface area (TPSA) is 100 Å². The Kier molecular flexibility index (Phi) is 5.83. The molecule has 0 fully saturated rings. The highest BCUT2D eigenvalue weighted by Crippen LogP contribution is 2.20. The second-order valence-corrected chi connectivity index (χ2v) is 7.28. The van der Waals surface area contributed by atoms with Crippen LogP contribution < -0.4 is 5.56 Å². The zero-order valence-electron chi connectivity index (χ0n) is 16.1. The van der Waals surface area contributed by atoms with Gasteiger partial charge in [0.15, 0.2) is 6.61 Å². The summed E-state index contributed by atoms with van der Waals surface area (Å²) in [5.41, 5.74) is 1.53. The molecule has 0 atom stereocenters. The van der Waals surface area contributed by atoms with Crippen molar-refractivity contribution in [3.8, 4) is 17.1 Å². The third kappa shape index (κ3) is 4.35. The third-order valence-electron chi connectivity index (χ3n) is 4.33. The first-order valence-corrected chi connectivity index (χ1v) is 9.79. The summed E-state index contributed by atoms with van der Waals surface area (Å²) >= 11 is 11.7. The number of carbonyl (C=O) groups excluding carboxylic acids is 1. The zero-order chi connectivity index (χ0) is 22.0. The van der Waals surface area contributed by atoms with Gasteiger partial charge in [-0.1, -0.05) is 70.3 Å². The molecule has 0 aliphatic carbocycles. The molecule has 156 valence electrons. The predicted molar refractivity (Wildman–Crippen MR) is 113 cm³/mol. The molecule has 0 aliphatic heterocycles. The highest BCUT2D eigenvalue weighted by molar-refractivity contribution is 6.41. The van der Waals surface area contributed by atoms with E-state index in [1.165, 1.54) is 18.3 Å². The molecule has 0 bridgehead atoms. The standard InChI is InChI=1S/C21H14Cl2N4O4/c1-12-6-8-13(9-7-12)19-25-17(31-26-19)11-30-21(29)14-4-2-3-5-16(14)27-20(28)18(23)15(22)10-24-27/h2-10H,11H2,1H3.